The molecular formula is C12H12ClN3. The van der Waals surface area contributed by atoms with E-state index in [4.69, 9.17) is 11.6 Å². The number of aryl methyl sites for hydroxylation is 1. The summed E-state index contributed by atoms with van der Waals surface area (Å²) in [5.41, 5.74) is 3.12. The quantitative estimate of drug-likeness (QED) is 0.828. The summed E-state index contributed by atoms with van der Waals surface area (Å²) in [6.07, 6.45) is 3.54. The number of nitrogens with zero attached hydrogens (tertiary/aromatic N) is 2. The van der Waals surface area contributed by atoms with Crippen molar-refractivity contribution in [2.24, 2.45) is 0 Å². The largest absolute Gasteiger partial charge is 0.381 e. The maximum absolute atomic E-state index is 5.78. The van der Waals surface area contributed by atoms with Gasteiger partial charge in [0, 0.05) is 30.3 Å². The van der Waals surface area contributed by atoms with Gasteiger partial charge >= 0.3 is 0 Å². The first-order valence-electron chi connectivity index (χ1n) is 5.01. The van der Waals surface area contributed by atoms with E-state index >= 15 is 0 Å². The zero-order valence-electron chi connectivity index (χ0n) is 8.94. The van der Waals surface area contributed by atoms with Gasteiger partial charge in [0.05, 0.1) is 0 Å². The van der Waals surface area contributed by atoms with E-state index in [1.165, 1.54) is 0 Å². The molecule has 0 saturated heterocycles. The molecule has 2 aromatic heterocycles. The molecule has 2 aromatic rings. The SMILES string of the molecule is Cc1ccc(CNc2ccnc(Cl)c2)cn1. The average Bonchev–Trinajstić information content (AvgIpc) is 2.28. The van der Waals surface area contributed by atoms with E-state index in [9.17, 15) is 0 Å². The minimum absolute atomic E-state index is 0.493. The monoisotopic (exact) mass is 233 g/mol. The molecule has 82 valence electrons. The number of pyridine rings is 2. The van der Waals surface area contributed by atoms with Gasteiger partial charge in [0.2, 0.25) is 0 Å². The van der Waals surface area contributed by atoms with Crippen LogP contribution in [-0.4, -0.2) is 9.97 Å². The molecule has 2 heterocycles. The van der Waals surface area contributed by atoms with E-state index in [0.29, 0.717) is 5.15 Å². The molecule has 0 aliphatic carbocycles. The summed E-state index contributed by atoms with van der Waals surface area (Å²) < 4.78 is 0. The van der Waals surface area contributed by atoms with Crippen LogP contribution in [-0.2, 0) is 6.54 Å². The van der Waals surface area contributed by atoms with Crippen molar-refractivity contribution >= 4 is 17.3 Å². The number of aromatic nitrogens is 2. The average molecular weight is 234 g/mol. The van der Waals surface area contributed by atoms with Crippen LogP contribution in [0.4, 0.5) is 5.69 Å². The lowest BCUT2D eigenvalue weighted by Crippen LogP contribution is -2.00. The van der Waals surface area contributed by atoms with Gasteiger partial charge in [0.15, 0.2) is 0 Å². The number of rotatable bonds is 3. The molecule has 0 bridgehead atoms. The van der Waals surface area contributed by atoms with Crippen molar-refractivity contribution in [2.75, 3.05) is 5.32 Å². The third-order valence-corrected chi connectivity index (χ3v) is 2.40. The zero-order chi connectivity index (χ0) is 11.4. The molecule has 1 N–H and O–H groups in total. The van der Waals surface area contributed by atoms with Gasteiger partial charge in [-0.05, 0) is 30.7 Å². The highest BCUT2D eigenvalue weighted by Crippen LogP contribution is 2.13. The molecular weight excluding hydrogens is 222 g/mol. The van der Waals surface area contributed by atoms with Gasteiger partial charge in [-0.3, -0.25) is 4.98 Å². The number of nitrogens with one attached hydrogen (secondary N) is 1. The zero-order valence-corrected chi connectivity index (χ0v) is 9.70. The van der Waals surface area contributed by atoms with Crippen LogP contribution in [0.2, 0.25) is 5.15 Å². The number of hydrogen-bond acceptors (Lipinski definition) is 3. The topological polar surface area (TPSA) is 37.8 Å². The Balaban J connectivity index is 1.99. The van der Waals surface area contributed by atoms with Gasteiger partial charge in [0.25, 0.3) is 0 Å². The van der Waals surface area contributed by atoms with Gasteiger partial charge in [-0.1, -0.05) is 17.7 Å². The molecule has 16 heavy (non-hydrogen) atoms. The minimum atomic E-state index is 0.493. The summed E-state index contributed by atoms with van der Waals surface area (Å²) in [4.78, 5) is 8.15. The molecule has 0 saturated carbocycles. The predicted octanol–water partition coefficient (Wildman–Crippen LogP) is 3.05. The van der Waals surface area contributed by atoms with E-state index in [0.717, 1.165) is 23.5 Å². The molecule has 0 aliphatic rings. The molecule has 2 rings (SSSR count). The maximum atomic E-state index is 5.78. The Hall–Kier alpha value is -1.61. The lowest BCUT2D eigenvalue weighted by Gasteiger charge is -2.06. The third kappa shape index (κ3) is 2.94. The lowest BCUT2D eigenvalue weighted by molar-refractivity contribution is 1.08. The van der Waals surface area contributed by atoms with Gasteiger partial charge in [0.1, 0.15) is 5.15 Å². The van der Waals surface area contributed by atoms with Crippen LogP contribution in [0.3, 0.4) is 0 Å². The van der Waals surface area contributed by atoms with Gasteiger partial charge < -0.3 is 5.32 Å². The number of hydrogen-bond donors (Lipinski definition) is 1. The Bertz CT molecular complexity index is 468. The summed E-state index contributed by atoms with van der Waals surface area (Å²) in [5.74, 6) is 0. The third-order valence-electron chi connectivity index (χ3n) is 2.20. The second-order valence-corrected chi connectivity index (χ2v) is 3.92. The molecule has 0 atom stereocenters. The number of halogens is 1. The highest BCUT2D eigenvalue weighted by molar-refractivity contribution is 6.29. The van der Waals surface area contributed by atoms with Crippen molar-refractivity contribution in [1.82, 2.24) is 9.97 Å². The Morgan fingerprint density at radius 1 is 1.25 bits per heavy atom. The van der Waals surface area contributed by atoms with E-state index in [-0.39, 0.29) is 0 Å². The van der Waals surface area contributed by atoms with E-state index in [1.807, 2.05) is 25.3 Å². The molecule has 0 aromatic carbocycles. The van der Waals surface area contributed by atoms with E-state index in [2.05, 4.69) is 21.4 Å². The fourth-order valence-electron chi connectivity index (χ4n) is 1.32. The smallest absolute Gasteiger partial charge is 0.131 e. The first kappa shape index (κ1) is 10.9. The Labute approximate surface area is 99.5 Å². The Kier molecular flexibility index (Phi) is 3.37. The fourth-order valence-corrected chi connectivity index (χ4v) is 1.49. The summed E-state index contributed by atoms with van der Waals surface area (Å²) in [5, 5.41) is 3.75. The highest BCUT2D eigenvalue weighted by Gasteiger charge is 1.96. The van der Waals surface area contributed by atoms with Crippen molar-refractivity contribution in [3.8, 4) is 0 Å². The van der Waals surface area contributed by atoms with Crippen molar-refractivity contribution < 1.29 is 0 Å². The summed E-state index contributed by atoms with van der Waals surface area (Å²) in [6.45, 7) is 2.70. The molecule has 0 amide bonds. The molecule has 0 spiro atoms. The normalized spacial score (nSPS) is 10.1. The van der Waals surface area contributed by atoms with Gasteiger partial charge in [-0.25, -0.2) is 4.98 Å². The van der Waals surface area contributed by atoms with Gasteiger partial charge in [-0.2, -0.15) is 0 Å². The molecule has 4 heteroatoms. The van der Waals surface area contributed by atoms with Crippen LogP contribution < -0.4 is 5.32 Å². The molecule has 0 aliphatic heterocycles. The molecule has 3 nitrogen and oxygen atoms in total. The van der Waals surface area contributed by atoms with Crippen LogP contribution in [0.1, 0.15) is 11.3 Å². The van der Waals surface area contributed by atoms with Crippen molar-refractivity contribution in [3.05, 3.63) is 53.1 Å². The van der Waals surface area contributed by atoms with Crippen LogP contribution in [0.25, 0.3) is 0 Å². The molecule has 0 radical (unpaired) electrons. The minimum Gasteiger partial charge on any atom is -0.381 e. The van der Waals surface area contributed by atoms with Crippen LogP contribution in [0, 0.1) is 6.92 Å². The van der Waals surface area contributed by atoms with Crippen LogP contribution in [0.15, 0.2) is 36.7 Å². The van der Waals surface area contributed by atoms with Crippen molar-refractivity contribution in [2.45, 2.75) is 13.5 Å². The summed E-state index contributed by atoms with van der Waals surface area (Å²) in [6, 6.07) is 7.73. The lowest BCUT2D eigenvalue weighted by atomic mass is 10.2. The Morgan fingerprint density at radius 3 is 2.81 bits per heavy atom. The van der Waals surface area contributed by atoms with Crippen LogP contribution >= 0.6 is 11.6 Å². The second kappa shape index (κ2) is 4.94. The van der Waals surface area contributed by atoms with Crippen molar-refractivity contribution in [3.63, 3.8) is 0 Å². The summed E-state index contributed by atoms with van der Waals surface area (Å²) >= 11 is 5.78. The second-order valence-electron chi connectivity index (χ2n) is 3.53. The maximum Gasteiger partial charge on any atom is 0.131 e. The van der Waals surface area contributed by atoms with Crippen LogP contribution in [0.5, 0.6) is 0 Å². The predicted molar refractivity (Wildman–Crippen MR) is 65.5 cm³/mol. The van der Waals surface area contributed by atoms with Crippen molar-refractivity contribution in [1.29, 1.82) is 0 Å². The molecule has 0 fully saturated rings. The Morgan fingerprint density at radius 2 is 2.12 bits per heavy atom. The number of anilines is 1. The highest BCUT2D eigenvalue weighted by atomic mass is 35.5. The standard InChI is InChI=1S/C12H12ClN3/c1-9-2-3-10(7-15-9)8-16-11-4-5-14-12(13)6-11/h2-7H,8H2,1H3,(H,14,16). The van der Waals surface area contributed by atoms with Gasteiger partial charge in [-0.15, -0.1) is 0 Å². The first-order chi connectivity index (χ1) is 7.74. The fraction of sp³-hybridized carbons (Fsp3) is 0.167. The van der Waals surface area contributed by atoms with E-state index in [1.54, 1.807) is 12.3 Å². The first-order valence-corrected chi connectivity index (χ1v) is 5.39. The van der Waals surface area contributed by atoms with E-state index < -0.39 is 0 Å². The summed E-state index contributed by atoms with van der Waals surface area (Å²) in [7, 11) is 0. The molecule has 0 unspecified atom stereocenters.